The Morgan fingerprint density at radius 3 is 1.98 bits per heavy atom. The minimum absolute atomic E-state index is 0.0143. The number of aromatic amines is 1. The average molecular weight is 585 g/mol. The fourth-order valence-corrected chi connectivity index (χ4v) is 4.29. The summed E-state index contributed by atoms with van der Waals surface area (Å²) in [6.45, 7) is 3.97. The monoisotopic (exact) mass is 584 g/mol. The molecule has 1 N–H and O–H groups in total. The van der Waals surface area contributed by atoms with Gasteiger partial charge in [0.2, 0.25) is 0 Å². The Bertz CT molecular complexity index is 1930. The van der Waals surface area contributed by atoms with Crippen LogP contribution in [0.25, 0.3) is 33.8 Å². The third kappa shape index (κ3) is 6.06. The second-order valence-corrected chi connectivity index (χ2v) is 9.17. The van der Waals surface area contributed by atoms with E-state index in [0.717, 1.165) is 28.6 Å². The van der Waals surface area contributed by atoms with Crippen LogP contribution in [0.5, 0.6) is 0 Å². The van der Waals surface area contributed by atoms with E-state index in [0.29, 0.717) is 16.4 Å². The number of esters is 2. The van der Waals surface area contributed by atoms with Gasteiger partial charge in [0.05, 0.1) is 24.6 Å². The highest BCUT2D eigenvalue weighted by molar-refractivity contribution is 6.30. The molecule has 0 saturated carbocycles. The average Bonchev–Trinajstić information content (AvgIpc) is 3.64. The first-order valence-electron chi connectivity index (χ1n) is 13.0. The number of hydrogen-bond donors (Lipinski definition) is 1. The van der Waals surface area contributed by atoms with Gasteiger partial charge in [-0.15, -0.1) is 0 Å². The zero-order chi connectivity index (χ0) is 29.6. The molecular weight excluding hydrogens is 560 g/mol. The predicted molar refractivity (Wildman–Crippen MR) is 157 cm³/mol. The largest absolute Gasteiger partial charge is 0.461 e. The van der Waals surface area contributed by atoms with Crippen molar-refractivity contribution in [1.29, 1.82) is 0 Å². The maximum absolute atomic E-state index is 12.0. The Morgan fingerprint density at radius 2 is 1.36 bits per heavy atom. The second-order valence-electron chi connectivity index (χ2n) is 8.78. The van der Waals surface area contributed by atoms with Crippen LogP contribution in [0, 0.1) is 0 Å². The number of fused-ring (bicyclic) bond motifs is 2. The van der Waals surface area contributed by atoms with Crippen molar-refractivity contribution in [3.63, 3.8) is 0 Å². The number of benzene rings is 2. The highest BCUT2D eigenvalue weighted by Crippen LogP contribution is 2.22. The van der Waals surface area contributed by atoms with Crippen LogP contribution in [0.15, 0.2) is 89.7 Å². The maximum atomic E-state index is 12.0. The molecule has 6 rings (SSSR count). The summed E-state index contributed by atoms with van der Waals surface area (Å²) >= 11 is 6.16. The lowest BCUT2D eigenvalue weighted by Gasteiger charge is -2.02. The molecule has 11 nitrogen and oxygen atoms in total. The van der Waals surface area contributed by atoms with Crippen LogP contribution < -0.4 is 5.56 Å². The van der Waals surface area contributed by atoms with E-state index >= 15 is 0 Å². The Labute approximate surface area is 244 Å². The highest BCUT2D eigenvalue weighted by atomic mass is 35.5. The molecule has 0 aliphatic rings. The lowest BCUT2D eigenvalue weighted by Crippen LogP contribution is -2.18. The molecule has 6 aromatic rings. The first-order valence-corrected chi connectivity index (χ1v) is 13.4. The predicted octanol–water partition coefficient (Wildman–Crippen LogP) is 5.09. The molecule has 0 saturated heterocycles. The summed E-state index contributed by atoms with van der Waals surface area (Å²) in [5.41, 5.74) is 4.09. The molecule has 0 atom stereocenters. The number of hydrogen-bond acceptors (Lipinski definition) is 8. The quantitative estimate of drug-likeness (QED) is 0.211. The lowest BCUT2D eigenvalue weighted by molar-refractivity contribution is 0.0510. The van der Waals surface area contributed by atoms with E-state index < -0.39 is 11.9 Å². The van der Waals surface area contributed by atoms with Gasteiger partial charge >= 0.3 is 11.9 Å². The molecule has 0 aliphatic heterocycles. The van der Waals surface area contributed by atoms with Gasteiger partial charge in [-0.2, -0.15) is 5.10 Å². The number of nitrogens with one attached hydrogen (secondary N) is 1. The summed E-state index contributed by atoms with van der Waals surface area (Å²) in [4.78, 5) is 43.9. The van der Waals surface area contributed by atoms with Crippen LogP contribution in [0.4, 0.5) is 0 Å². The summed E-state index contributed by atoms with van der Waals surface area (Å²) in [5.74, 6) is -1.09. The van der Waals surface area contributed by atoms with E-state index in [-0.39, 0.29) is 30.2 Å². The van der Waals surface area contributed by atoms with Crippen LogP contribution in [0.3, 0.4) is 0 Å². The van der Waals surface area contributed by atoms with Crippen LogP contribution in [0.1, 0.15) is 34.8 Å². The van der Waals surface area contributed by atoms with E-state index in [1.165, 1.54) is 15.1 Å². The standard InChI is InChI=1S/C15H12ClN3O2.C15H13N3O3/c1-2-21-15(20)12-8-13(16)19-14(17-12)9-11(18-19)10-6-4-3-5-7-10;1-2-21-15(20)12-9-14(19)18-13(16-12)8-11(17-18)10-6-4-3-5-7-10/h3-9H,2H2,1H3;3-9,17H,2H2,1H3. The minimum atomic E-state index is -0.598. The summed E-state index contributed by atoms with van der Waals surface area (Å²) in [6, 6.07) is 25.4. The minimum Gasteiger partial charge on any atom is -0.461 e. The van der Waals surface area contributed by atoms with Crippen molar-refractivity contribution >= 4 is 34.8 Å². The van der Waals surface area contributed by atoms with Crippen LogP contribution in [0.2, 0.25) is 5.15 Å². The molecular formula is C30H25ClN6O5. The van der Waals surface area contributed by atoms with Gasteiger partial charge in [-0.25, -0.2) is 28.6 Å². The van der Waals surface area contributed by atoms with Crippen molar-refractivity contribution < 1.29 is 19.1 Å². The fraction of sp³-hybridized carbons (Fsp3) is 0.133. The van der Waals surface area contributed by atoms with Gasteiger partial charge < -0.3 is 9.47 Å². The highest BCUT2D eigenvalue weighted by Gasteiger charge is 2.15. The number of halogens is 1. The fourth-order valence-electron chi connectivity index (χ4n) is 4.06. The molecule has 4 aromatic heterocycles. The molecule has 4 heterocycles. The maximum Gasteiger partial charge on any atom is 0.357 e. The van der Waals surface area contributed by atoms with Crippen molar-refractivity contribution in [3.8, 4) is 22.5 Å². The third-order valence-electron chi connectivity index (χ3n) is 5.96. The van der Waals surface area contributed by atoms with Crippen molar-refractivity contribution in [3.05, 3.63) is 112 Å². The van der Waals surface area contributed by atoms with Gasteiger partial charge in [0.25, 0.3) is 5.56 Å². The first kappa shape index (κ1) is 28.2. The Kier molecular flexibility index (Phi) is 8.39. The number of nitrogens with zero attached hydrogens (tertiary/aromatic N) is 5. The molecule has 42 heavy (non-hydrogen) atoms. The van der Waals surface area contributed by atoms with E-state index in [2.05, 4.69) is 20.2 Å². The second kappa shape index (κ2) is 12.5. The zero-order valence-electron chi connectivity index (χ0n) is 22.7. The Balaban J connectivity index is 0.000000168. The molecule has 0 spiro atoms. The number of H-pyrrole nitrogens is 1. The van der Waals surface area contributed by atoms with Gasteiger partial charge in [0, 0.05) is 29.8 Å². The molecule has 212 valence electrons. The van der Waals surface area contributed by atoms with Crippen molar-refractivity contribution in [2.24, 2.45) is 0 Å². The Morgan fingerprint density at radius 1 is 0.786 bits per heavy atom. The van der Waals surface area contributed by atoms with Crippen molar-refractivity contribution in [2.75, 3.05) is 13.2 Å². The Hall–Kier alpha value is -5.29. The smallest absolute Gasteiger partial charge is 0.357 e. The molecule has 12 heteroatoms. The van der Waals surface area contributed by atoms with Crippen LogP contribution in [-0.2, 0) is 9.47 Å². The van der Waals surface area contributed by atoms with E-state index in [1.54, 1.807) is 26.0 Å². The summed E-state index contributed by atoms with van der Waals surface area (Å²) in [7, 11) is 0. The van der Waals surface area contributed by atoms with Crippen LogP contribution >= 0.6 is 11.6 Å². The molecule has 0 aliphatic carbocycles. The third-order valence-corrected chi connectivity index (χ3v) is 6.23. The van der Waals surface area contributed by atoms with E-state index in [9.17, 15) is 14.4 Å². The topological polar surface area (TPSA) is 133 Å². The molecule has 0 bridgehead atoms. The van der Waals surface area contributed by atoms with Gasteiger partial charge in [-0.3, -0.25) is 9.89 Å². The normalized spacial score (nSPS) is 10.7. The van der Waals surface area contributed by atoms with E-state index in [1.807, 2.05) is 60.7 Å². The summed E-state index contributed by atoms with van der Waals surface area (Å²) < 4.78 is 12.6. The van der Waals surface area contributed by atoms with Gasteiger partial charge in [-0.1, -0.05) is 72.3 Å². The number of carbonyl (C=O) groups is 2. The van der Waals surface area contributed by atoms with Gasteiger partial charge in [0.1, 0.15) is 5.15 Å². The summed E-state index contributed by atoms with van der Waals surface area (Å²) in [6.07, 6.45) is 0. The van der Waals surface area contributed by atoms with Gasteiger partial charge in [0.15, 0.2) is 22.7 Å². The molecule has 0 fully saturated rings. The molecule has 0 unspecified atom stereocenters. The SMILES string of the molecule is CCOC(=O)c1cc(=O)n2[nH]c(-c3ccccc3)cc2n1.CCOC(=O)c1cc(Cl)n2nc(-c3ccccc3)cc2n1. The number of aromatic nitrogens is 6. The zero-order valence-corrected chi connectivity index (χ0v) is 23.4. The molecule has 0 radical (unpaired) electrons. The first-order chi connectivity index (χ1) is 20.4. The van der Waals surface area contributed by atoms with Crippen LogP contribution in [-0.4, -0.2) is 54.3 Å². The van der Waals surface area contributed by atoms with E-state index in [4.69, 9.17) is 21.1 Å². The number of ether oxygens (including phenoxy) is 2. The van der Waals surface area contributed by atoms with Crippen molar-refractivity contribution in [2.45, 2.75) is 13.8 Å². The summed E-state index contributed by atoms with van der Waals surface area (Å²) in [5, 5.41) is 7.68. The van der Waals surface area contributed by atoms with Gasteiger partial charge in [-0.05, 0) is 19.4 Å². The number of carbonyl (C=O) groups excluding carboxylic acids is 2. The molecule has 0 amide bonds. The van der Waals surface area contributed by atoms with Crippen molar-refractivity contribution in [1.82, 2.24) is 29.2 Å². The number of rotatable bonds is 6. The molecule has 2 aromatic carbocycles. The lowest BCUT2D eigenvalue weighted by atomic mass is 10.2.